The van der Waals surface area contributed by atoms with E-state index in [-0.39, 0.29) is 11.9 Å². The highest BCUT2D eigenvalue weighted by molar-refractivity contribution is 5.91. The van der Waals surface area contributed by atoms with Gasteiger partial charge in [0, 0.05) is 42.7 Å². The van der Waals surface area contributed by atoms with Crippen molar-refractivity contribution in [3.63, 3.8) is 0 Å². The second-order valence-corrected chi connectivity index (χ2v) is 12.7. The third-order valence-electron chi connectivity index (χ3n) is 8.36. The summed E-state index contributed by atoms with van der Waals surface area (Å²) in [4.78, 5) is 23.5. The lowest BCUT2D eigenvalue weighted by molar-refractivity contribution is -0.697. The number of rotatable bonds is 30. The van der Waals surface area contributed by atoms with Gasteiger partial charge in [-0.2, -0.15) is 0 Å². The predicted molar refractivity (Wildman–Crippen MR) is 181 cm³/mol. The average Bonchev–Trinajstić information content (AvgIpc) is 3.01. The monoisotopic (exact) mass is 600 g/mol. The van der Waals surface area contributed by atoms with Crippen LogP contribution in [-0.2, 0) is 27.5 Å². The molecule has 0 atom stereocenters. The summed E-state index contributed by atoms with van der Waals surface area (Å²) in [5.74, 6) is -0.125. The van der Waals surface area contributed by atoms with E-state index in [4.69, 9.17) is 4.74 Å². The molecule has 0 aliphatic heterocycles. The smallest absolute Gasteiger partial charge is 0.306 e. The van der Waals surface area contributed by atoms with Crippen LogP contribution in [0.4, 0.5) is 0 Å². The molecule has 0 spiro atoms. The van der Waals surface area contributed by atoms with Gasteiger partial charge in [0.1, 0.15) is 13.2 Å². The highest BCUT2D eigenvalue weighted by Crippen LogP contribution is 2.14. The number of esters is 1. The highest BCUT2D eigenvalue weighted by Gasteiger charge is 2.06. The van der Waals surface area contributed by atoms with Crippen LogP contribution in [0, 0.1) is 0 Å². The largest absolute Gasteiger partial charge is 0.461 e. The van der Waals surface area contributed by atoms with Gasteiger partial charge in [-0.15, -0.1) is 0 Å². The van der Waals surface area contributed by atoms with Gasteiger partial charge in [-0.05, 0) is 26.2 Å². The van der Waals surface area contributed by atoms with Gasteiger partial charge in [0.25, 0.3) is 0 Å². The molecule has 1 rings (SSSR count). The summed E-state index contributed by atoms with van der Waals surface area (Å²) in [6.45, 7) is 9.84. The number of pyridine rings is 1. The van der Waals surface area contributed by atoms with E-state index < -0.39 is 0 Å². The molecule has 1 amide bonds. The normalized spacial score (nSPS) is 11.0. The Balaban J connectivity index is 1.90. The topological polar surface area (TPSA) is 59.3 Å². The number of aromatic nitrogens is 1. The molecule has 5 heteroatoms. The molecule has 1 N–H and O–H groups in total. The molecule has 1 aromatic heterocycles. The summed E-state index contributed by atoms with van der Waals surface area (Å²) in [6, 6.07) is 4.16. The Kier molecular flexibility index (Phi) is 25.8. The molecular formula is C38H67N2O3+. The third kappa shape index (κ3) is 24.9. The zero-order chi connectivity index (χ0) is 31.2. The van der Waals surface area contributed by atoms with E-state index in [0.717, 1.165) is 44.3 Å². The molecular weight excluding hydrogens is 532 g/mol. The summed E-state index contributed by atoms with van der Waals surface area (Å²) in [6.07, 6.45) is 34.5. The average molecular weight is 600 g/mol. The molecule has 0 aromatic carbocycles. The number of ether oxygens (including phenoxy) is 1. The second-order valence-electron chi connectivity index (χ2n) is 12.7. The van der Waals surface area contributed by atoms with E-state index in [0.29, 0.717) is 18.6 Å². The molecule has 5 nitrogen and oxygen atoms in total. The molecule has 1 heterocycles. The van der Waals surface area contributed by atoms with Crippen LogP contribution >= 0.6 is 0 Å². The summed E-state index contributed by atoms with van der Waals surface area (Å²) in [5, 5.41) is 2.88. The molecule has 0 bridgehead atoms. The lowest BCUT2D eigenvalue weighted by Crippen LogP contribution is -2.32. The van der Waals surface area contributed by atoms with Gasteiger partial charge in [-0.25, -0.2) is 4.57 Å². The van der Waals surface area contributed by atoms with Crippen molar-refractivity contribution in [3.8, 4) is 0 Å². The van der Waals surface area contributed by atoms with Crippen molar-refractivity contribution >= 4 is 11.9 Å². The van der Waals surface area contributed by atoms with Crippen LogP contribution in [0.5, 0.6) is 0 Å². The Morgan fingerprint density at radius 3 is 1.60 bits per heavy atom. The van der Waals surface area contributed by atoms with E-state index in [1.165, 1.54) is 122 Å². The number of carbonyl (C=O) groups excluding carboxylic acids is 2. The number of hydrogen-bond donors (Lipinski definition) is 1. The van der Waals surface area contributed by atoms with E-state index in [1.54, 1.807) is 6.92 Å². The fourth-order valence-electron chi connectivity index (χ4n) is 5.44. The summed E-state index contributed by atoms with van der Waals surface area (Å²) < 4.78 is 7.74. The number of nitrogens with zero attached hydrogens (tertiary/aromatic N) is 1. The van der Waals surface area contributed by atoms with Crippen LogP contribution in [0.3, 0.4) is 0 Å². The molecule has 1 aromatic rings. The molecule has 0 aliphatic rings. The van der Waals surface area contributed by atoms with Gasteiger partial charge in [-0.3, -0.25) is 9.59 Å². The van der Waals surface area contributed by atoms with Gasteiger partial charge in [0.05, 0.1) is 0 Å². The Bertz CT molecular complexity index is 821. The van der Waals surface area contributed by atoms with Crippen LogP contribution < -0.4 is 9.88 Å². The zero-order valence-electron chi connectivity index (χ0n) is 28.3. The van der Waals surface area contributed by atoms with Crippen molar-refractivity contribution in [1.29, 1.82) is 0 Å². The Morgan fingerprint density at radius 1 is 0.674 bits per heavy atom. The predicted octanol–water partition coefficient (Wildman–Crippen LogP) is 10.1. The molecule has 246 valence electrons. The van der Waals surface area contributed by atoms with E-state index in [9.17, 15) is 9.59 Å². The van der Waals surface area contributed by atoms with Crippen LogP contribution in [0.2, 0.25) is 0 Å². The van der Waals surface area contributed by atoms with E-state index in [2.05, 4.69) is 47.9 Å². The molecule has 0 fully saturated rings. The maximum Gasteiger partial charge on any atom is 0.306 e. The lowest BCUT2D eigenvalue weighted by Gasteiger charge is -2.06. The standard InChI is InChI=1S/C38H66N2O3/c1-4-5-6-7-8-9-10-11-12-13-17-20-23-26-31-40-32-28-36(29-33-40)34-43-37(41)27-24-21-18-15-14-16-19-22-25-30-39-38(42)35(2)3/h28-29,32-33H,2,4-27,30-31,34H2,1,3H3/p+1. The van der Waals surface area contributed by atoms with Crippen LogP contribution in [0.15, 0.2) is 36.7 Å². The second kappa shape index (κ2) is 28.6. The number of amides is 1. The van der Waals surface area contributed by atoms with Gasteiger partial charge in [0.15, 0.2) is 12.4 Å². The first-order valence-corrected chi connectivity index (χ1v) is 18.1. The van der Waals surface area contributed by atoms with Gasteiger partial charge in [-0.1, -0.05) is 135 Å². The quantitative estimate of drug-likeness (QED) is 0.0414. The molecule has 0 unspecified atom stereocenters. The van der Waals surface area contributed by atoms with Gasteiger partial charge in [0.2, 0.25) is 5.91 Å². The summed E-state index contributed by atoms with van der Waals surface area (Å²) >= 11 is 0. The maximum absolute atomic E-state index is 12.1. The first-order chi connectivity index (χ1) is 21.0. The van der Waals surface area contributed by atoms with Gasteiger partial charge >= 0.3 is 5.97 Å². The first-order valence-electron chi connectivity index (χ1n) is 18.1. The molecule has 0 saturated heterocycles. The number of unbranched alkanes of at least 4 members (excludes halogenated alkanes) is 21. The number of carbonyl (C=O) groups is 2. The van der Waals surface area contributed by atoms with Gasteiger partial charge < -0.3 is 10.1 Å². The number of nitrogens with one attached hydrogen (secondary N) is 1. The SMILES string of the molecule is C=C(C)C(=O)NCCCCCCCCCCCC(=O)OCc1cc[n+](CCCCCCCCCCCCCCCC)cc1. The van der Waals surface area contributed by atoms with Crippen LogP contribution in [-0.4, -0.2) is 18.4 Å². The van der Waals surface area contributed by atoms with E-state index in [1.807, 2.05) is 0 Å². The zero-order valence-corrected chi connectivity index (χ0v) is 28.3. The van der Waals surface area contributed by atoms with Crippen LogP contribution in [0.25, 0.3) is 0 Å². The Morgan fingerprint density at radius 2 is 1.12 bits per heavy atom. The van der Waals surface area contributed by atoms with E-state index >= 15 is 0 Å². The maximum atomic E-state index is 12.1. The lowest BCUT2D eigenvalue weighted by atomic mass is 10.0. The van der Waals surface area contributed by atoms with Crippen molar-refractivity contribution in [2.75, 3.05) is 6.54 Å². The summed E-state index contributed by atoms with van der Waals surface area (Å²) in [5.41, 5.74) is 1.63. The van der Waals surface area contributed by atoms with Crippen molar-refractivity contribution in [2.24, 2.45) is 0 Å². The fraction of sp³-hybridized carbons (Fsp3) is 0.763. The highest BCUT2D eigenvalue weighted by atomic mass is 16.5. The third-order valence-corrected chi connectivity index (χ3v) is 8.36. The van der Waals surface area contributed by atoms with Crippen molar-refractivity contribution in [2.45, 2.75) is 181 Å². The van der Waals surface area contributed by atoms with Crippen molar-refractivity contribution < 1.29 is 18.9 Å². The molecule has 0 radical (unpaired) electrons. The van der Waals surface area contributed by atoms with Crippen LogP contribution in [0.1, 0.15) is 174 Å². The minimum Gasteiger partial charge on any atom is -0.461 e. The minimum absolute atomic E-state index is 0.0395. The van der Waals surface area contributed by atoms with Crippen molar-refractivity contribution in [3.05, 3.63) is 42.2 Å². The minimum atomic E-state index is -0.0853. The Labute approximate surface area is 265 Å². The first kappa shape index (κ1) is 38.9. The fourth-order valence-corrected chi connectivity index (χ4v) is 5.44. The number of aryl methyl sites for hydroxylation is 1. The molecule has 43 heavy (non-hydrogen) atoms. The molecule has 0 saturated carbocycles. The Hall–Kier alpha value is -2.17. The van der Waals surface area contributed by atoms with Crippen molar-refractivity contribution in [1.82, 2.24) is 5.32 Å². The summed E-state index contributed by atoms with van der Waals surface area (Å²) in [7, 11) is 0. The number of hydrogen-bond acceptors (Lipinski definition) is 3. The molecule has 0 aliphatic carbocycles.